The van der Waals surface area contributed by atoms with Gasteiger partial charge in [0.1, 0.15) is 0 Å². The van der Waals surface area contributed by atoms with Crippen molar-refractivity contribution in [3.05, 3.63) is 28.2 Å². The van der Waals surface area contributed by atoms with Crippen molar-refractivity contribution in [2.75, 3.05) is 11.4 Å². The third-order valence-corrected chi connectivity index (χ3v) is 3.82. The summed E-state index contributed by atoms with van der Waals surface area (Å²) in [6.45, 7) is 2.31. The van der Waals surface area contributed by atoms with Crippen LogP contribution in [0.25, 0.3) is 0 Å². The fourth-order valence-electron chi connectivity index (χ4n) is 2.10. The molecule has 2 rings (SSSR count). The molecule has 1 fully saturated rings. The van der Waals surface area contributed by atoms with E-state index in [-0.39, 0.29) is 18.9 Å². The molecule has 1 unspecified atom stereocenters. The van der Waals surface area contributed by atoms with Crippen molar-refractivity contribution >= 4 is 33.5 Å². The quantitative estimate of drug-likeness (QED) is 0.933. The highest BCUT2D eigenvalue weighted by atomic mass is 79.9. The van der Waals surface area contributed by atoms with E-state index >= 15 is 0 Å². The van der Waals surface area contributed by atoms with Gasteiger partial charge in [-0.1, -0.05) is 13.0 Å². The number of hydrogen-bond donors (Lipinski definition) is 1. The van der Waals surface area contributed by atoms with Crippen LogP contribution in [-0.2, 0) is 16.0 Å². The van der Waals surface area contributed by atoms with E-state index in [1.165, 1.54) is 5.56 Å². The summed E-state index contributed by atoms with van der Waals surface area (Å²) in [5.41, 5.74) is 1.92. The lowest BCUT2D eigenvalue weighted by Gasteiger charge is -2.18. The van der Waals surface area contributed by atoms with E-state index in [0.717, 1.165) is 16.6 Å². The summed E-state index contributed by atoms with van der Waals surface area (Å²) in [6, 6.07) is 5.79. The number of hydrogen-bond acceptors (Lipinski definition) is 2. The molecule has 0 bridgehead atoms. The van der Waals surface area contributed by atoms with Crippen molar-refractivity contribution in [1.82, 2.24) is 0 Å². The minimum atomic E-state index is -0.910. The maximum atomic E-state index is 11.8. The number of carbonyl (C=O) groups excluding carboxylic acids is 1. The topological polar surface area (TPSA) is 57.6 Å². The molecule has 0 aliphatic carbocycles. The van der Waals surface area contributed by atoms with Crippen molar-refractivity contribution in [3.8, 4) is 0 Å². The zero-order chi connectivity index (χ0) is 13.3. The summed E-state index contributed by atoms with van der Waals surface area (Å²) in [6.07, 6.45) is 1.00. The zero-order valence-corrected chi connectivity index (χ0v) is 11.6. The largest absolute Gasteiger partial charge is 0.481 e. The first-order valence-electron chi connectivity index (χ1n) is 5.84. The molecule has 1 N–H and O–H groups in total. The number of aryl methyl sites for hydroxylation is 1. The molecule has 18 heavy (non-hydrogen) atoms. The van der Waals surface area contributed by atoms with Gasteiger partial charge < -0.3 is 10.0 Å². The molecule has 1 aromatic rings. The van der Waals surface area contributed by atoms with Gasteiger partial charge in [0.25, 0.3) is 0 Å². The molecule has 1 heterocycles. The minimum Gasteiger partial charge on any atom is -0.481 e. The van der Waals surface area contributed by atoms with Crippen LogP contribution in [0.3, 0.4) is 0 Å². The van der Waals surface area contributed by atoms with Crippen molar-refractivity contribution in [3.63, 3.8) is 0 Å². The van der Waals surface area contributed by atoms with Crippen LogP contribution in [0.1, 0.15) is 18.9 Å². The van der Waals surface area contributed by atoms with E-state index in [1.807, 2.05) is 18.2 Å². The molecule has 1 amide bonds. The lowest BCUT2D eigenvalue weighted by molar-refractivity contribution is -0.141. The van der Waals surface area contributed by atoms with Gasteiger partial charge in [0.2, 0.25) is 5.91 Å². The number of carboxylic acid groups (broad SMARTS) is 1. The molecule has 1 atom stereocenters. The van der Waals surface area contributed by atoms with Crippen LogP contribution in [0.4, 0.5) is 5.69 Å². The smallest absolute Gasteiger partial charge is 0.308 e. The first kappa shape index (κ1) is 13.1. The van der Waals surface area contributed by atoms with Gasteiger partial charge in [0.15, 0.2) is 0 Å². The predicted molar refractivity (Wildman–Crippen MR) is 71.6 cm³/mol. The molecule has 0 saturated carbocycles. The van der Waals surface area contributed by atoms with E-state index in [9.17, 15) is 9.59 Å². The average Bonchev–Trinajstić information content (AvgIpc) is 2.71. The highest BCUT2D eigenvalue weighted by molar-refractivity contribution is 9.10. The molecular weight excluding hydrogens is 298 g/mol. The van der Waals surface area contributed by atoms with Crippen LogP contribution in [0.15, 0.2) is 22.7 Å². The van der Waals surface area contributed by atoms with Gasteiger partial charge in [0, 0.05) is 17.4 Å². The molecule has 1 aromatic carbocycles. The third-order valence-electron chi connectivity index (χ3n) is 3.19. The van der Waals surface area contributed by atoms with Gasteiger partial charge in [-0.15, -0.1) is 0 Å². The molecule has 0 radical (unpaired) electrons. The van der Waals surface area contributed by atoms with Crippen LogP contribution in [0, 0.1) is 5.92 Å². The molecule has 0 spiro atoms. The van der Waals surface area contributed by atoms with Gasteiger partial charge in [-0.25, -0.2) is 0 Å². The molecule has 0 aromatic heterocycles. The van der Waals surface area contributed by atoms with Gasteiger partial charge in [-0.05, 0) is 40.0 Å². The van der Waals surface area contributed by atoms with Gasteiger partial charge in [-0.2, -0.15) is 0 Å². The molecular formula is C13H14BrNO3. The van der Waals surface area contributed by atoms with Gasteiger partial charge in [0.05, 0.1) is 11.6 Å². The van der Waals surface area contributed by atoms with Crippen molar-refractivity contribution in [1.29, 1.82) is 0 Å². The second kappa shape index (κ2) is 5.10. The predicted octanol–water partition coefficient (Wildman–Crippen LogP) is 2.45. The average molecular weight is 312 g/mol. The second-order valence-electron chi connectivity index (χ2n) is 4.38. The molecule has 96 valence electrons. The summed E-state index contributed by atoms with van der Waals surface area (Å²) >= 11 is 3.44. The Bertz CT molecular complexity index is 501. The standard InChI is InChI=1S/C13H14BrNO3/c1-2-8-3-4-11(10(14)5-8)15-7-9(13(17)18)6-12(15)16/h3-5,9H,2,6-7H2,1H3,(H,17,18). The highest BCUT2D eigenvalue weighted by Crippen LogP contribution is 2.32. The number of carboxylic acids is 1. The summed E-state index contributed by atoms with van der Waals surface area (Å²) < 4.78 is 0.834. The summed E-state index contributed by atoms with van der Waals surface area (Å²) in [5.74, 6) is -1.64. The Morgan fingerprint density at radius 3 is 2.78 bits per heavy atom. The summed E-state index contributed by atoms with van der Waals surface area (Å²) in [5, 5.41) is 8.96. The van der Waals surface area contributed by atoms with Crippen molar-refractivity contribution < 1.29 is 14.7 Å². The van der Waals surface area contributed by atoms with E-state index < -0.39 is 11.9 Å². The highest BCUT2D eigenvalue weighted by Gasteiger charge is 2.35. The fraction of sp³-hybridized carbons (Fsp3) is 0.385. The number of aliphatic carboxylic acids is 1. The lowest BCUT2D eigenvalue weighted by atomic mass is 10.1. The maximum Gasteiger partial charge on any atom is 0.308 e. The number of anilines is 1. The lowest BCUT2D eigenvalue weighted by Crippen LogP contribution is -2.26. The number of halogens is 1. The normalized spacial score (nSPS) is 19.3. The number of carbonyl (C=O) groups is 2. The van der Waals surface area contributed by atoms with Gasteiger partial charge in [-0.3, -0.25) is 9.59 Å². The molecule has 1 aliphatic rings. The maximum absolute atomic E-state index is 11.8. The third kappa shape index (κ3) is 2.41. The van der Waals surface area contributed by atoms with Gasteiger partial charge >= 0.3 is 5.97 Å². The number of amides is 1. The van der Waals surface area contributed by atoms with Crippen LogP contribution in [-0.4, -0.2) is 23.5 Å². The fourth-order valence-corrected chi connectivity index (χ4v) is 2.74. The van der Waals surface area contributed by atoms with Crippen LogP contribution < -0.4 is 4.90 Å². The van der Waals surface area contributed by atoms with E-state index in [1.54, 1.807) is 4.90 Å². The molecule has 1 saturated heterocycles. The number of rotatable bonds is 3. The second-order valence-corrected chi connectivity index (χ2v) is 5.24. The van der Waals surface area contributed by atoms with Crippen molar-refractivity contribution in [2.24, 2.45) is 5.92 Å². The Morgan fingerprint density at radius 2 is 2.28 bits per heavy atom. The van der Waals surface area contributed by atoms with Crippen LogP contribution in [0.2, 0.25) is 0 Å². The summed E-state index contributed by atoms with van der Waals surface area (Å²) in [7, 11) is 0. The number of benzene rings is 1. The van der Waals surface area contributed by atoms with Crippen LogP contribution >= 0.6 is 15.9 Å². The Balaban J connectivity index is 2.27. The first-order valence-corrected chi connectivity index (χ1v) is 6.63. The Morgan fingerprint density at radius 1 is 1.56 bits per heavy atom. The van der Waals surface area contributed by atoms with E-state index in [4.69, 9.17) is 5.11 Å². The number of nitrogens with zero attached hydrogens (tertiary/aromatic N) is 1. The van der Waals surface area contributed by atoms with E-state index in [0.29, 0.717) is 0 Å². The monoisotopic (exact) mass is 311 g/mol. The molecule has 1 aliphatic heterocycles. The summed E-state index contributed by atoms with van der Waals surface area (Å²) in [4.78, 5) is 24.3. The zero-order valence-electron chi connectivity index (χ0n) is 10.0. The SMILES string of the molecule is CCc1ccc(N2CC(C(=O)O)CC2=O)c(Br)c1. The van der Waals surface area contributed by atoms with E-state index in [2.05, 4.69) is 22.9 Å². The Hall–Kier alpha value is -1.36. The van der Waals surface area contributed by atoms with Crippen molar-refractivity contribution in [2.45, 2.75) is 19.8 Å². The Kier molecular flexibility index (Phi) is 3.71. The minimum absolute atomic E-state index is 0.0807. The molecule has 4 nitrogen and oxygen atoms in total. The molecule has 5 heteroatoms. The van der Waals surface area contributed by atoms with Crippen LogP contribution in [0.5, 0.6) is 0 Å². The Labute approximate surface area is 114 Å². The first-order chi connectivity index (χ1) is 8.52.